The van der Waals surface area contributed by atoms with Crippen LogP contribution < -0.4 is 26.2 Å². The van der Waals surface area contributed by atoms with Crippen LogP contribution in [0.25, 0.3) is 88.2 Å². The van der Waals surface area contributed by atoms with Gasteiger partial charge in [-0.15, -0.1) is 0 Å². The number of benzene rings is 13. The SMILES string of the molecule is N/C(=C(\c1cc(N(c2ccccc2)c2ccc3c(c2)c2ccccc2n3-c2ccccc2)ccc1N)N(c1ccccc1)c1ccc2c(c1)c1ccccc1n2-c1ccccc1)N(c1ccccc1)c1ccc2c(c1)c1ccccc1n2-c1ccccc1. The molecule has 0 spiro atoms. The number of nitrogens with zero attached hydrogens (tertiary/aromatic N) is 6. The first-order valence-electron chi connectivity index (χ1n) is 29.8. The Morgan fingerprint density at radius 1 is 0.250 bits per heavy atom. The fourth-order valence-electron chi connectivity index (χ4n) is 13.2. The van der Waals surface area contributed by atoms with Crippen LogP contribution in [0, 0.1) is 0 Å². The molecule has 16 aromatic rings. The van der Waals surface area contributed by atoms with Gasteiger partial charge in [-0.2, -0.15) is 0 Å². The lowest BCUT2D eigenvalue weighted by atomic mass is 10.0. The van der Waals surface area contributed by atoms with Crippen molar-refractivity contribution in [1.82, 2.24) is 13.7 Å². The summed E-state index contributed by atoms with van der Waals surface area (Å²) in [6.07, 6.45) is 0. The average Bonchev–Trinajstić information content (AvgIpc) is 1.74. The number of rotatable bonds is 13. The van der Waals surface area contributed by atoms with Crippen molar-refractivity contribution < 1.29 is 0 Å². The molecule has 0 aliphatic rings. The van der Waals surface area contributed by atoms with Gasteiger partial charge < -0.3 is 35.0 Å². The van der Waals surface area contributed by atoms with Gasteiger partial charge in [0.15, 0.2) is 0 Å². The summed E-state index contributed by atoms with van der Waals surface area (Å²) in [5, 5.41) is 6.76. The Labute approximate surface area is 509 Å². The van der Waals surface area contributed by atoms with Crippen molar-refractivity contribution in [2.24, 2.45) is 5.73 Å². The largest absolute Gasteiger partial charge is 0.398 e. The maximum Gasteiger partial charge on any atom is 0.133 e. The Morgan fingerprint density at radius 2 is 0.557 bits per heavy atom. The molecule has 418 valence electrons. The number of nitrogen functional groups attached to an aromatic ring is 1. The molecule has 0 radical (unpaired) electrons. The first-order valence-corrected chi connectivity index (χ1v) is 29.8. The monoisotopic (exact) mass is 1130 g/mol. The molecule has 8 nitrogen and oxygen atoms in total. The van der Waals surface area contributed by atoms with Crippen LogP contribution in [-0.4, -0.2) is 13.7 Å². The van der Waals surface area contributed by atoms with Crippen molar-refractivity contribution >= 4 is 117 Å². The van der Waals surface area contributed by atoms with Gasteiger partial charge in [0.1, 0.15) is 5.82 Å². The third-order valence-corrected chi connectivity index (χ3v) is 17.1. The zero-order valence-corrected chi connectivity index (χ0v) is 48.0. The number of hydrogen-bond acceptors (Lipinski definition) is 5. The van der Waals surface area contributed by atoms with Crippen LogP contribution in [-0.2, 0) is 0 Å². The third kappa shape index (κ3) is 8.69. The summed E-state index contributed by atoms with van der Waals surface area (Å²) >= 11 is 0. The Morgan fingerprint density at radius 3 is 0.989 bits per heavy atom. The van der Waals surface area contributed by atoms with E-state index in [1.165, 1.54) is 5.39 Å². The molecule has 88 heavy (non-hydrogen) atoms. The Kier molecular flexibility index (Phi) is 12.7. The molecule has 0 bridgehead atoms. The number of hydrogen-bond donors (Lipinski definition) is 2. The average molecular weight is 1130 g/mol. The van der Waals surface area contributed by atoms with Crippen LogP contribution in [0.2, 0.25) is 0 Å². The molecule has 4 N–H and O–H groups in total. The van der Waals surface area contributed by atoms with E-state index in [9.17, 15) is 0 Å². The van der Waals surface area contributed by atoms with E-state index in [0.29, 0.717) is 17.2 Å². The molecule has 8 heteroatoms. The number of para-hydroxylation sites is 9. The minimum absolute atomic E-state index is 0.457. The summed E-state index contributed by atoms with van der Waals surface area (Å²) < 4.78 is 7.05. The van der Waals surface area contributed by atoms with E-state index in [0.717, 1.165) is 122 Å². The van der Waals surface area contributed by atoms with Gasteiger partial charge in [-0.05, 0) is 164 Å². The highest BCUT2D eigenvalue weighted by Gasteiger charge is 2.29. The maximum absolute atomic E-state index is 8.34. The molecule has 0 aliphatic carbocycles. The second-order valence-corrected chi connectivity index (χ2v) is 22.2. The van der Waals surface area contributed by atoms with Crippen molar-refractivity contribution in [3.8, 4) is 17.1 Å². The number of nitrogens with two attached hydrogens (primary N) is 2. The molecule has 0 fully saturated rings. The minimum Gasteiger partial charge on any atom is -0.398 e. The molecule has 3 aromatic heterocycles. The molecule has 0 atom stereocenters. The maximum atomic E-state index is 8.34. The Hall–Kier alpha value is -12.0. The first kappa shape index (κ1) is 51.6. The van der Waals surface area contributed by atoms with Crippen LogP contribution in [0.5, 0.6) is 0 Å². The molecular formula is C80H58N8. The van der Waals surface area contributed by atoms with E-state index in [1.807, 2.05) is 12.1 Å². The second kappa shape index (κ2) is 21.6. The van der Waals surface area contributed by atoms with E-state index in [2.05, 4.69) is 344 Å². The number of aromatic nitrogens is 3. The summed E-state index contributed by atoms with van der Waals surface area (Å²) in [6.45, 7) is 0. The highest BCUT2D eigenvalue weighted by molar-refractivity contribution is 6.14. The topological polar surface area (TPSA) is 76.5 Å². The second-order valence-electron chi connectivity index (χ2n) is 22.2. The molecular weight excluding hydrogens is 1070 g/mol. The zero-order valence-electron chi connectivity index (χ0n) is 48.0. The minimum atomic E-state index is 0.457. The highest BCUT2D eigenvalue weighted by Crippen LogP contribution is 2.47. The third-order valence-electron chi connectivity index (χ3n) is 17.1. The van der Waals surface area contributed by atoms with Gasteiger partial charge in [0.05, 0.1) is 38.8 Å². The van der Waals surface area contributed by atoms with E-state index < -0.39 is 0 Å². The van der Waals surface area contributed by atoms with Crippen LogP contribution in [0.15, 0.2) is 333 Å². The van der Waals surface area contributed by atoms with E-state index >= 15 is 0 Å². The fraction of sp³-hybridized carbons (Fsp3) is 0. The van der Waals surface area contributed by atoms with Gasteiger partial charge in [0.25, 0.3) is 0 Å². The molecule has 0 amide bonds. The van der Waals surface area contributed by atoms with Crippen LogP contribution >= 0.6 is 0 Å². The van der Waals surface area contributed by atoms with Crippen LogP contribution in [0.4, 0.5) is 45.5 Å². The summed E-state index contributed by atoms with van der Waals surface area (Å²) in [7, 11) is 0. The quantitative estimate of drug-likeness (QED) is 0.113. The van der Waals surface area contributed by atoms with E-state index in [4.69, 9.17) is 11.5 Å². The standard InChI is InChI=1S/C80H58N8/c81-72-47-43-61(83(55-25-7-1-8-26-55)62-44-48-76-68(51-62)65-37-19-22-40-73(65)86(76)58-31-13-4-14-32-58)54-71(72)79(84(56-27-9-2-10-28-56)63-45-49-77-69(52-63)66-38-20-23-41-74(66)87(77)59-33-15-5-16-34-59)80(82)85(57-29-11-3-12-30-57)64-46-50-78-70(53-64)67-39-21-24-42-75(67)88(78)60-35-17-6-18-36-60/h1-54H,81-82H2/b80-79-. The summed E-state index contributed by atoms with van der Waals surface area (Å²) in [4.78, 5) is 6.82. The zero-order chi connectivity index (χ0) is 58.7. The van der Waals surface area contributed by atoms with Crippen molar-refractivity contribution in [3.63, 3.8) is 0 Å². The van der Waals surface area contributed by atoms with Gasteiger partial charge in [-0.1, -0.05) is 164 Å². The summed E-state index contributed by atoms with van der Waals surface area (Å²) in [6, 6.07) is 116. The predicted octanol–water partition coefficient (Wildman–Crippen LogP) is 20.3. The molecule has 0 saturated heterocycles. The molecule has 16 rings (SSSR count). The van der Waals surface area contributed by atoms with Gasteiger partial charge >= 0.3 is 0 Å². The van der Waals surface area contributed by atoms with E-state index in [-0.39, 0.29) is 0 Å². The number of anilines is 8. The van der Waals surface area contributed by atoms with Crippen LogP contribution in [0.3, 0.4) is 0 Å². The van der Waals surface area contributed by atoms with Crippen molar-refractivity contribution in [1.29, 1.82) is 0 Å². The molecule has 0 saturated carbocycles. The predicted molar refractivity (Wildman–Crippen MR) is 370 cm³/mol. The van der Waals surface area contributed by atoms with Crippen molar-refractivity contribution in [3.05, 3.63) is 339 Å². The summed E-state index contributed by atoms with van der Waals surface area (Å²) in [5.41, 5.74) is 34.3. The molecule has 0 unspecified atom stereocenters. The highest BCUT2D eigenvalue weighted by atomic mass is 15.3. The number of fused-ring (bicyclic) bond motifs is 9. The van der Waals surface area contributed by atoms with E-state index in [1.54, 1.807) is 0 Å². The van der Waals surface area contributed by atoms with Gasteiger partial charge in [-0.25, -0.2) is 0 Å². The van der Waals surface area contributed by atoms with Crippen LogP contribution in [0.1, 0.15) is 5.56 Å². The molecule has 0 aliphatic heterocycles. The van der Waals surface area contributed by atoms with Gasteiger partial charge in [0.2, 0.25) is 0 Å². The Balaban J connectivity index is 0.972. The molecule has 3 heterocycles. The summed E-state index contributed by atoms with van der Waals surface area (Å²) in [5.74, 6) is 0.457. The van der Waals surface area contributed by atoms with Crippen molar-refractivity contribution in [2.75, 3.05) is 20.4 Å². The molecule has 13 aromatic carbocycles. The van der Waals surface area contributed by atoms with Gasteiger partial charge in [0, 0.05) is 100 Å². The lowest BCUT2D eigenvalue weighted by Crippen LogP contribution is -2.30. The lowest BCUT2D eigenvalue weighted by Gasteiger charge is -2.35. The lowest BCUT2D eigenvalue weighted by molar-refractivity contribution is 1.10. The fourth-order valence-corrected chi connectivity index (χ4v) is 13.2. The Bertz CT molecular complexity index is 5290. The first-order chi connectivity index (χ1) is 43.5. The van der Waals surface area contributed by atoms with Crippen molar-refractivity contribution in [2.45, 2.75) is 0 Å². The smallest absolute Gasteiger partial charge is 0.133 e. The van der Waals surface area contributed by atoms with Gasteiger partial charge in [-0.3, -0.25) is 4.90 Å². The normalized spacial score (nSPS) is 11.9.